The molecule has 0 aliphatic heterocycles. The molecule has 0 aromatic carbocycles. The van der Waals surface area contributed by atoms with Crippen molar-refractivity contribution < 1.29 is 19.2 Å². The van der Waals surface area contributed by atoms with Crippen molar-refractivity contribution in [3.8, 4) is 0 Å². The molecule has 0 amide bonds. The fourth-order valence-corrected chi connectivity index (χ4v) is 0.991. The first-order valence-corrected chi connectivity index (χ1v) is 3.42. The molecule has 0 unspecified atom stereocenters. The molecule has 1 aromatic heterocycles. The van der Waals surface area contributed by atoms with Gasteiger partial charge in [0.2, 0.25) is 0 Å². The number of nitro groups is 3. The van der Waals surface area contributed by atoms with E-state index < -0.39 is 37.8 Å². The van der Waals surface area contributed by atoms with Gasteiger partial charge in [-0.3, -0.25) is 30.3 Å². The summed E-state index contributed by atoms with van der Waals surface area (Å²) in [6.07, 6.45) is 0. The SMILES string of the molecule is Cc1c([N+](=O)[O-])oc([N+](=O)[O-])c1[N+](=O)[O-]. The molecule has 0 N–H and O–H groups in total. The van der Waals surface area contributed by atoms with Gasteiger partial charge in [0.1, 0.15) is 9.85 Å². The molecule has 0 radical (unpaired) electrons. The van der Waals surface area contributed by atoms with Crippen LogP contribution in [0, 0.1) is 37.3 Å². The molecule has 1 heterocycles. The topological polar surface area (TPSA) is 143 Å². The van der Waals surface area contributed by atoms with Crippen molar-refractivity contribution in [2.45, 2.75) is 6.92 Å². The molecule has 1 aromatic rings. The summed E-state index contributed by atoms with van der Waals surface area (Å²) in [5.41, 5.74) is -1.47. The van der Waals surface area contributed by atoms with Crippen LogP contribution < -0.4 is 0 Å². The molecule has 0 fully saturated rings. The van der Waals surface area contributed by atoms with Gasteiger partial charge >= 0.3 is 17.5 Å². The molecule has 0 bridgehead atoms. The third-order valence-electron chi connectivity index (χ3n) is 1.59. The quantitative estimate of drug-likeness (QED) is 0.548. The van der Waals surface area contributed by atoms with E-state index in [1.54, 1.807) is 0 Å². The molecule has 0 saturated heterocycles. The van der Waals surface area contributed by atoms with Gasteiger partial charge in [-0.15, -0.1) is 0 Å². The molecule has 0 spiro atoms. The van der Waals surface area contributed by atoms with Crippen molar-refractivity contribution >= 4 is 17.5 Å². The van der Waals surface area contributed by atoms with Crippen LogP contribution in [0.4, 0.5) is 17.5 Å². The molecule has 10 nitrogen and oxygen atoms in total. The number of hydrogen-bond acceptors (Lipinski definition) is 7. The van der Waals surface area contributed by atoms with Crippen LogP contribution in [0.25, 0.3) is 0 Å². The average Bonchev–Trinajstić information content (AvgIpc) is 2.42. The second kappa shape index (κ2) is 3.32. The zero-order chi connectivity index (χ0) is 11.7. The van der Waals surface area contributed by atoms with E-state index in [9.17, 15) is 30.3 Å². The van der Waals surface area contributed by atoms with Gasteiger partial charge in [0.15, 0.2) is 5.56 Å². The fraction of sp³-hybridized carbons (Fsp3) is 0.200. The average molecular weight is 217 g/mol. The molecular weight excluding hydrogens is 214 g/mol. The Kier molecular flexibility index (Phi) is 2.34. The predicted octanol–water partition coefficient (Wildman–Crippen LogP) is 1.31. The highest BCUT2D eigenvalue weighted by Gasteiger charge is 2.40. The first-order chi connectivity index (χ1) is 6.86. The van der Waals surface area contributed by atoms with Gasteiger partial charge < -0.3 is 4.42 Å². The lowest BCUT2D eigenvalue weighted by molar-refractivity contribution is -0.438. The van der Waals surface area contributed by atoms with Gasteiger partial charge in [0, 0.05) is 0 Å². The highest BCUT2D eigenvalue weighted by atomic mass is 16.7. The minimum Gasteiger partial charge on any atom is -0.335 e. The third-order valence-corrected chi connectivity index (χ3v) is 1.59. The van der Waals surface area contributed by atoms with E-state index >= 15 is 0 Å². The fourth-order valence-electron chi connectivity index (χ4n) is 0.991. The molecule has 0 atom stereocenters. The number of rotatable bonds is 3. The van der Waals surface area contributed by atoms with Crippen LogP contribution in [0.2, 0.25) is 0 Å². The minimum absolute atomic E-state index is 0.475. The summed E-state index contributed by atoms with van der Waals surface area (Å²) in [5, 5.41) is 31.0. The zero-order valence-corrected chi connectivity index (χ0v) is 7.20. The van der Waals surface area contributed by atoms with E-state index in [4.69, 9.17) is 0 Å². The monoisotopic (exact) mass is 217 g/mol. The Hall–Kier alpha value is -2.52. The summed E-state index contributed by atoms with van der Waals surface area (Å²) in [6, 6.07) is 0. The van der Waals surface area contributed by atoms with E-state index in [1.807, 2.05) is 0 Å². The summed E-state index contributed by atoms with van der Waals surface area (Å²) in [4.78, 5) is 27.7. The Labute approximate surface area is 80.5 Å². The van der Waals surface area contributed by atoms with Crippen LogP contribution in [0.5, 0.6) is 0 Å². The maximum Gasteiger partial charge on any atom is 0.517 e. The van der Waals surface area contributed by atoms with Gasteiger partial charge in [-0.05, 0) is 6.92 Å². The third kappa shape index (κ3) is 1.59. The van der Waals surface area contributed by atoms with E-state index in [-0.39, 0.29) is 0 Å². The van der Waals surface area contributed by atoms with Crippen LogP contribution in [-0.2, 0) is 0 Å². The largest absolute Gasteiger partial charge is 0.517 e. The van der Waals surface area contributed by atoms with Crippen molar-refractivity contribution in [1.29, 1.82) is 0 Å². The second-order valence-electron chi connectivity index (χ2n) is 2.46. The smallest absolute Gasteiger partial charge is 0.335 e. The number of furan rings is 1. The van der Waals surface area contributed by atoms with Crippen LogP contribution >= 0.6 is 0 Å². The van der Waals surface area contributed by atoms with Crippen LogP contribution in [-0.4, -0.2) is 14.8 Å². The summed E-state index contributed by atoms with van der Waals surface area (Å²) in [7, 11) is 0. The minimum atomic E-state index is -1.23. The Bertz CT molecular complexity index is 461. The number of hydrogen-bond donors (Lipinski definition) is 0. The normalized spacial score (nSPS) is 9.93. The summed E-state index contributed by atoms with van der Waals surface area (Å²) in [5.74, 6) is -2.22. The zero-order valence-electron chi connectivity index (χ0n) is 7.20. The summed E-state index contributed by atoms with van der Waals surface area (Å²) >= 11 is 0. The maximum atomic E-state index is 10.4. The van der Waals surface area contributed by atoms with Gasteiger partial charge in [-0.2, -0.15) is 0 Å². The molecular formula is C5H3N3O7. The maximum absolute atomic E-state index is 10.4. The Morgan fingerprint density at radius 2 is 1.40 bits per heavy atom. The van der Waals surface area contributed by atoms with Crippen molar-refractivity contribution in [3.05, 3.63) is 35.9 Å². The first kappa shape index (κ1) is 10.6. The molecule has 80 valence electrons. The van der Waals surface area contributed by atoms with Gasteiger partial charge in [-0.1, -0.05) is 0 Å². The molecule has 10 heteroatoms. The highest BCUT2D eigenvalue weighted by molar-refractivity contribution is 5.58. The molecule has 15 heavy (non-hydrogen) atoms. The van der Waals surface area contributed by atoms with E-state index in [1.165, 1.54) is 0 Å². The van der Waals surface area contributed by atoms with E-state index in [0.29, 0.717) is 0 Å². The highest BCUT2D eigenvalue weighted by Crippen LogP contribution is 2.39. The lowest BCUT2D eigenvalue weighted by Gasteiger charge is -1.84. The Morgan fingerprint density at radius 1 is 0.933 bits per heavy atom. The molecule has 0 saturated carbocycles. The lowest BCUT2D eigenvalue weighted by atomic mass is 10.3. The summed E-state index contributed by atoms with van der Waals surface area (Å²) in [6.45, 7) is 1.01. The van der Waals surface area contributed by atoms with Crippen LogP contribution in [0.1, 0.15) is 5.56 Å². The Balaban J connectivity index is 3.53. The van der Waals surface area contributed by atoms with Crippen molar-refractivity contribution in [3.63, 3.8) is 0 Å². The van der Waals surface area contributed by atoms with Crippen molar-refractivity contribution in [1.82, 2.24) is 0 Å². The van der Waals surface area contributed by atoms with Crippen LogP contribution in [0.15, 0.2) is 4.42 Å². The van der Waals surface area contributed by atoms with Gasteiger partial charge in [-0.25, -0.2) is 0 Å². The van der Waals surface area contributed by atoms with E-state index in [0.717, 1.165) is 6.92 Å². The Morgan fingerprint density at radius 3 is 1.67 bits per heavy atom. The second-order valence-corrected chi connectivity index (χ2v) is 2.46. The van der Waals surface area contributed by atoms with Crippen LogP contribution in [0.3, 0.4) is 0 Å². The standard InChI is InChI=1S/C5H3N3O7/c1-2-3(6(9)10)5(8(13)14)15-4(2)7(11)12/h1H3. The number of nitrogens with zero attached hydrogens (tertiary/aromatic N) is 3. The molecule has 0 aliphatic rings. The van der Waals surface area contributed by atoms with Crippen molar-refractivity contribution in [2.75, 3.05) is 0 Å². The summed E-state index contributed by atoms with van der Waals surface area (Å²) < 4.78 is 4.19. The first-order valence-electron chi connectivity index (χ1n) is 3.42. The lowest BCUT2D eigenvalue weighted by Crippen LogP contribution is -1.94. The van der Waals surface area contributed by atoms with Crippen molar-refractivity contribution in [2.24, 2.45) is 0 Å². The van der Waals surface area contributed by atoms with Gasteiger partial charge in [0.05, 0.1) is 4.92 Å². The van der Waals surface area contributed by atoms with E-state index in [2.05, 4.69) is 4.42 Å². The molecule has 0 aliphatic carbocycles. The van der Waals surface area contributed by atoms with Gasteiger partial charge in [0.25, 0.3) is 0 Å². The predicted molar refractivity (Wildman–Crippen MR) is 43.4 cm³/mol. The molecule has 1 rings (SSSR count).